The number of hydrogen-bond donors (Lipinski definition) is 1. The zero-order valence-corrected chi connectivity index (χ0v) is 23.5. The number of hydrazone groups is 1. The van der Waals surface area contributed by atoms with Crippen LogP contribution in [0.1, 0.15) is 40.7 Å². The lowest BCUT2D eigenvalue weighted by atomic mass is 9.90. The Morgan fingerprint density at radius 3 is 2.30 bits per heavy atom. The number of benzene rings is 4. The molecule has 4 aromatic rings. The Balaban J connectivity index is 1.50. The van der Waals surface area contributed by atoms with Crippen LogP contribution in [0.3, 0.4) is 0 Å². The van der Waals surface area contributed by atoms with E-state index in [1.807, 2.05) is 68.4 Å². The van der Waals surface area contributed by atoms with E-state index in [-0.39, 0.29) is 22.3 Å². The Bertz CT molecular complexity index is 1580. The highest BCUT2D eigenvalue weighted by molar-refractivity contribution is 7.87. The summed E-state index contributed by atoms with van der Waals surface area (Å²) >= 11 is 0. The van der Waals surface area contributed by atoms with Gasteiger partial charge in [0.1, 0.15) is 4.90 Å². The van der Waals surface area contributed by atoms with Gasteiger partial charge in [0.2, 0.25) is 5.91 Å². The molecule has 0 aromatic heterocycles. The predicted octanol–water partition coefficient (Wildman–Crippen LogP) is 5.95. The molecule has 8 heteroatoms. The van der Waals surface area contributed by atoms with Gasteiger partial charge in [-0.05, 0) is 79.8 Å². The molecular weight excluding hydrogens is 524 g/mol. The fourth-order valence-electron chi connectivity index (χ4n) is 4.17. The molecule has 1 unspecified atom stereocenters. The summed E-state index contributed by atoms with van der Waals surface area (Å²) in [6, 6.07) is 28.8. The molecule has 0 radical (unpaired) electrons. The Labute approximate surface area is 235 Å². The van der Waals surface area contributed by atoms with Crippen LogP contribution in [0.25, 0.3) is 0 Å². The second kappa shape index (κ2) is 13.1. The second-order valence-electron chi connectivity index (χ2n) is 9.32. The van der Waals surface area contributed by atoms with E-state index in [2.05, 4.69) is 10.5 Å². The van der Waals surface area contributed by atoms with Crippen LogP contribution in [-0.4, -0.2) is 27.1 Å². The van der Waals surface area contributed by atoms with Crippen LogP contribution in [0.15, 0.2) is 107 Å². The summed E-state index contributed by atoms with van der Waals surface area (Å²) in [6.07, 6.45) is 2.02. The molecule has 0 spiro atoms. The van der Waals surface area contributed by atoms with Crippen LogP contribution in [0.2, 0.25) is 0 Å². The van der Waals surface area contributed by atoms with Gasteiger partial charge in [-0.25, -0.2) is 5.43 Å². The molecule has 4 aromatic carbocycles. The first-order valence-corrected chi connectivity index (χ1v) is 14.4. The summed E-state index contributed by atoms with van der Waals surface area (Å²) in [7, 11) is -4.05. The van der Waals surface area contributed by atoms with Crippen molar-refractivity contribution in [2.24, 2.45) is 5.10 Å². The van der Waals surface area contributed by atoms with Gasteiger partial charge in [0.25, 0.3) is 0 Å². The third kappa shape index (κ3) is 7.36. The Morgan fingerprint density at radius 1 is 0.900 bits per heavy atom. The third-order valence-electron chi connectivity index (χ3n) is 6.37. The molecule has 0 bridgehead atoms. The molecule has 7 nitrogen and oxygen atoms in total. The summed E-state index contributed by atoms with van der Waals surface area (Å²) in [5.41, 5.74) is 7.31. The molecule has 0 saturated carbocycles. The van der Waals surface area contributed by atoms with Crippen LogP contribution in [0.4, 0.5) is 0 Å². The molecule has 0 aliphatic heterocycles. The normalized spacial score (nSPS) is 12.2. The van der Waals surface area contributed by atoms with Crippen molar-refractivity contribution >= 4 is 22.2 Å². The SMILES string of the molecule is CCOc1cc(C=NNC(=O)C(Cc2ccccc2C)c2ccccc2)ccc1OS(=O)(=O)c1ccc(C)cc1. The van der Waals surface area contributed by atoms with Gasteiger partial charge in [-0.2, -0.15) is 13.5 Å². The fraction of sp³-hybridized carbons (Fsp3) is 0.188. The van der Waals surface area contributed by atoms with Crippen LogP contribution in [-0.2, 0) is 21.3 Å². The summed E-state index contributed by atoms with van der Waals surface area (Å²) in [5.74, 6) is -0.359. The summed E-state index contributed by atoms with van der Waals surface area (Å²) in [6.45, 7) is 6.00. The molecular formula is C32H32N2O5S. The van der Waals surface area contributed by atoms with Crippen molar-refractivity contribution in [1.29, 1.82) is 0 Å². The van der Waals surface area contributed by atoms with Crippen molar-refractivity contribution in [3.63, 3.8) is 0 Å². The van der Waals surface area contributed by atoms with Crippen molar-refractivity contribution in [3.8, 4) is 11.5 Å². The summed E-state index contributed by atoms with van der Waals surface area (Å²) in [4.78, 5) is 13.3. The van der Waals surface area contributed by atoms with Gasteiger partial charge in [0.05, 0.1) is 18.7 Å². The Morgan fingerprint density at radius 2 is 1.60 bits per heavy atom. The molecule has 4 rings (SSSR count). The van der Waals surface area contributed by atoms with E-state index in [0.717, 1.165) is 22.3 Å². The van der Waals surface area contributed by atoms with E-state index < -0.39 is 16.0 Å². The number of ether oxygens (including phenoxy) is 1. The highest BCUT2D eigenvalue weighted by Gasteiger charge is 2.22. The van der Waals surface area contributed by atoms with Gasteiger partial charge in [-0.3, -0.25) is 4.79 Å². The molecule has 206 valence electrons. The molecule has 1 amide bonds. The lowest BCUT2D eigenvalue weighted by Gasteiger charge is -2.17. The van der Waals surface area contributed by atoms with Gasteiger partial charge < -0.3 is 8.92 Å². The molecule has 40 heavy (non-hydrogen) atoms. The van der Waals surface area contributed by atoms with Crippen molar-refractivity contribution in [2.45, 2.75) is 38.0 Å². The minimum absolute atomic E-state index is 0.0487. The Kier molecular flexibility index (Phi) is 9.35. The van der Waals surface area contributed by atoms with Gasteiger partial charge >= 0.3 is 10.1 Å². The number of nitrogens with zero attached hydrogens (tertiary/aromatic N) is 1. The topological polar surface area (TPSA) is 94.1 Å². The van der Waals surface area contributed by atoms with Gasteiger partial charge in [0, 0.05) is 0 Å². The highest BCUT2D eigenvalue weighted by atomic mass is 32.2. The second-order valence-corrected chi connectivity index (χ2v) is 10.9. The maximum Gasteiger partial charge on any atom is 0.339 e. The van der Waals surface area contributed by atoms with Crippen LogP contribution < -0.4 is 14.3 Å². The number of nitrogens with one attached hydrogen (secondary N) is 1. The number of carbonyl (C=O) groups is 1. The number of hydrogen-bond acceptors (Lipinski definition) is 6. The zero-order chi connectivity index (χ0) is 28.5. The molecule has 1 atom stereocenters. The Hall–Kier alpha value is -4.43. The lowest BCUT2D eigenvalue weighted by Crippen LogP contribution is -2.27. The standard InChI is InChI=1S/C32H32N2O5S/c1-4-38-31-20-25(16-19-30(31)39-40(36,37)28-17-14-23(2)15-18-28)22-33-34-32(35)29(26-11-6-5-7-12-26)21-27-13-9-8-10-24(27)3/h5-20,22,29H,4,21H2,1-3H3,(H,34,35). The molecule has 0 saturated heterocycles. The minimum Gasteiger partial charge on any atom is -0.490 e. The molecule has 0 aliphatic rings. The average molecular weight is 557 g/mol. The number of aryl methyl sites for hydroxylation is 2. The van der Waals surface area contributed by atoms with E-state index >= 15 is 0 Å². The maximum atomic E-state index is 13.2. The van der Waals surface area contributed by atoms with Crippen LogP contribution >= 0.6 is 0 Å². The van der Waals surface area contributed by atoms with Crippen molar-refractivity contribution < 1.29 is 22.1 Å². The van der Waals surface area contributed by atoms with Gasteiger partial charge in [-0.15, -0.1) is 0 Å². The molecule has 0 heterocycles. The number of rotatable bonds is 11. The fourth-order valence-corrected chi connectivity index (χ4v) is 5.11. The first kappa shape index (κ1) is 28.6. The van der Waals surface area contributed by atoms with E-state index in [1.165, 1.54) is 24.4 Å². The molecule has 1 N–H and O–H groups in total. The van der Waals surface area contributed by atoms with Crippen molar-refractivity contribution in [2.75, 3.05) is 6.61 Å². The van der Waals surface area contributed by atoms with Crippen LogP contribution in [0, 0.1) is 13.8 Å². The predicted molar refractivity (Wildman–Crippen MR) is 156 cm³/mol. The quantitative estimate of drug-likeness (QED) is 0.140. The van der Waals surface area contributed by atoms with E-state index in [1.54, 1.807) is 31.2 Å². The van der Waals surface area contributed by atoms with Gasteiger partial charge in [-0.1, -0.05) is 72.3 Å². The monoisotopic (exact) mass is 556 g/mol. The number of amides is 1. The smallest absolute Gasteiger partial charge is 0.339 e. The third-order valence-corrected chi connectivity index (χ3v) is 7.62. The van der Waals surface area contributed by atoms with E-state index in [9.17, 15) is 13.2 Å². The molecule has 0 aliphatic carbocycles. The van der Waals surface area contributed by atoms with Gasteiger partial charge in [0.15, 0.2) is 11.5 Å². The van der Waals surface area contributed by atoms with Crippen molar-refractivity contribution in [3.05, 3.63) is 125 Å². The molecule has 0 fully saturated rings. The number of carbonyl (C=O) groups excluding carboxylic acids is 1. The summed E-state index contributed by atoms with van der Waals surface area (Å²) < 4.78 is 36.6. The van der Waals surface area contributed by atoms with Crippen molar-refractivity contribution in [1.82, 2.24) is 5.43 Å². The largest absolute Gasteiger partial charge is 0.490 e. The first-order chi connectivity index (χ1) is 19.3. The zero-order valence-electron chi connectivity index (χ0n) is 22.7. The van der Waals surface area contributed by atoms with E-state index in [4.69, 9.17) is 8.92 Å². The van der Waals surface area contributed by atoms with E-state index in [0.29, 0.717) is 18.6 Å². The lowest BCUT2D eigenvalue weighted by molar-refractivity contribution is -0.122. The first-order valence-electron chi connectivity index (χ1n) is 13.0. The summed E-state index contributed by atoms with van der Waals surface area (Å²) in [5, 5.41) is 4.17. The highest BCUT2D eigenvalue weighted by Crippen LogP contribution is 2.31. The minimum atomic E-state index is -4.05. The average Bonchev–Trinajstić information content (AvgIpc) is 2.94. The van der Waals surface area contributed by atoms with Crippen LogP contribution in [0.5, 0.6) is 11.5 Å². The maximum absolute atomic E-state index is 13.2.